The van der Waals surface area contributed by atoms with Crippen LogP contribution in [0, 0.1) is 5.82 Å². The van der Waals surface area contributed by atoms with Gasteiger partial charge >= 0.3 is 0 Å². The molecule has 154 valence electrons. The van der Waals surface area contributed by atoms with E-state index in [4.69, 9.17) is 0 Å². The summed E-state index contributed by atoms with van der Waals surface area (Å²) < 4.78 is 15.3. The highest BCUT2D eigenvalue weighted by Crippen LogP contribution is 2.23. The summed E-state index contributed by atoms with van der Waals surface area (Å²) >= 11 is 0. The molecule has 1 aliphatic carbocycles. The molecule has 0 atom stereocenters. The van der Waals surface area contributed by atoms with E-state index in [0.717, 1.165) is 44.2 Å². The zero-order valence-corrected chi connectivity index (χ0v) is 16.5. The van der Waals surface area contributed by atoms with Crippen molar-refractivity contribution in [2.24, 2.45) is 0 Å². The largest absolute Gasteiger partial charge is 0.347 e. The van der Waals surface area contributed by atoms with E-state index in [1.165, 1.54) is 25.0 Å². The van der Waals surface area contributed by atoms with Gasteiger partial charge in [0.15, 0.2) is 11.5 Å². The molecular weight excluding hydrogens is 371 g/mol. The zero-order chi connectivity index (χ0) is 20.2. The molecule has 2 aliphatic rings. The molecule has 0 saturated heterocycles. The number of benzene rings is 1. The maximum Gasteiger partial charge on any atom is 0.287 e. The average Bonchev–Trinajstić information content (AvgIpc) is 2.91. The Balaban J connectivity index is 1.56. The number of imidazole rings is 1. The molecule has 2 N–H and O–H groups in total. The van der Waals surface area contributed by atoms with Crippen molar-refractivity contribution in [2.75, 3.05) is 5.32 Å². The van der Waals surface area contributed by atoms with Gasteiger partial charge in [0.1, 0.15) is 5.82 Å². The number of nitrogens with one attached hydrogen (secondary N) is 2. The lowest BCUT2D eigenvalue weighted by molar-refractivity contribution is 0.0917. The zero-order valence-electron chi connectivity index (χ0n) is 16.5. The van der Waals surface area contributed by atoms with Crippen LogP contribution in [-0.2, 0) is 13.0 Å². The smallest absolute Gasteiger partial charge is 0.287 e. The number of aromatic nitrogens is 2. The van der Waals surface area contributed by atoms with E-state index in [0.29, 0.717) is 24.5 Å². The van der Waals surface area contributed by atoms with Crippen molar-refractivity contribution in [1.82, 2.24) is 14.9 Å². The highest BCUT2D eigenvalue weighted by Gasteiger charge is 2.28. The van der Waals surface area contributed by atoms with Gasteiger partial charge in [-0.05, 0) is 50.3 Å². The number of fused-ring (bicyclic) bond motifs is 1. The molecule has 2 heterocycles. The number of hydrogen-bond donors (Lipinski definition) is 2. The number of anilines is 1. The fourth-order valence-corrected chi connectivity index (χ4v) is 4.33. The van der Waals surface area contributed by atoms with E-state index in [-0.39, 0.29) is 17.6 Å². The number of rotatable bonds is 4. The number of carbonyl (C=O) groups is 2. The van der Waals surface area contributed by atoms with Crippen LogP contribution < -0.4 is 10.6 Å². The second-order valence-electron chi connectivity index (χ2n) is 7.97. The van der Waals surface area contributed by atoms with Crippen LogP contribution in [0.15, 0.2) is 24.3 Å². The molecule has 1 aliphatic heterocycles. The lowest BCUT2D eigenvalue weighted by atomic mass is 10.1. The standard InChI is InChI=1S/C22H27FN4O2/c23-15-8-7-11-17(14-15)25-21(28)19-18-12-5-6-13-27(18)20(26-19)22(29)24-16-9-3-1-2-4-10-16/h7-8,11,14,16H,1-6,9-10,12-13H2,(H,24,29)(H,25,28). The van der Waals surface area contributed by atoms with Gasteiger partial charge in [-0.15, -0.1) is 0 Å². The topological polar surface area (TPSA) is 76.0 Å². The molecule has 0 spiro atoms. The summed E-state index contributed by atoms with van der Waals surface area (Å²) in [4.78, 5) is 30.2. The first kappa shape index (κ1) is 19.6. The van der Waals surface area contributed by atoms with Gasteiger partial charge in [0.25, 0.3) is 11.8 Å². The Kier molecular flexibility index (Phi) is 5.92. The van der Waals surface area contributed by atoms with Crippen LogP contribution in [0.5, 0.6) is 0 Å². The van der Waals surface area contributed by atoms with E-state index >= 15 is 0 Å². The second-order valence-corrected chi connectivity index (χ2v) is 7.97. The molecule has 1 aromatic heterocycles. The summed E-state index contributed by atoms with van der Waals surface area (Å²) in [6.45, 7) is 0.684. The Morgan fingerprint density at radius 2 is 1.83 bits per heavy atom. The van der Waals surface area contributed by atoms with Crippen LogP contribution in [0.3, 0.4) is 0 Å². The highest BCUT2D eigenvalue weighted by atomic mass is 19.1. The van der Waals surface area contributed by atoms with Gasteiger partial charge in [-0.1, -0.05) is 31.7 Å². The minimum Gasteiger partial charge on any atom is -0.347 e. The van der Waals surface area contributed by atoms with Crippen LogP contribution in [-0.4, -0.2) is 27.4 Å². The van der Waals surface area contributed by atoms with Crippen molar-refractivity contribution < 1.29 is 14.0 Å². The fourth-order valence-electron chi connectivity index (χ4n) is 4.33. The van der Waals surface area contributed by atoms with E-state index in [1.54, 1.807) is 12.1 Å². The average molecular weight is 398 g/mol. The molecule has 0 radical (unpaired) electrons. The predicted molar refractivity (Wildman–Crippen MR) is 108 cm³/mol. The highest BCUT2D eigenvalue weighted by molar-refractivity contribution is 6.05. The van der Waals surface area contributed by atoms with E-state index < -0.39 is 11.7 Å². The van der Waals surface area contributed by atoms with Crippen molar-refractivity contribution in [3.8, 4) is 0 Å². The van der Waals surface area contributed by atoms with Crippen molar-refractivity contribution in [3.05, 3.63) is 47.3 Å². The summed E-state index contributed by atoms with van der Waals surface area (Å²) in [5.74, 6) is -0.717. The number of amides is 2. The van der Waals surface area contributed by atoms with Gasteiger partial charge in [-0.2, -0.15) is 0 Å². The maximum absolute atomic E-state index is 13.4. The van der Waals surface area contributed by atoms with Crippen LogP contribution in [0.4, 0.5) is 10.1 Å². The molecule has 0 unspecified atom stereocenters. The minimum absolute atomic E-state index is 0.172. The quantitative estimate of drug-likeness (QED) is 0.763. The first-order chi connectivity index (χ1) is 14.1. The Hall–Kier alpha value is -2.70. The molecule has 29 heavy (non-hydrogen) atoms. The number of halogens is 1. The van der Waals surface area contributed by atoms with Crippen molar-refractivity contribution in [1.29, 1.82) is 0 Å². The Morgan fingerprint density at radius 3 is 2.59 bits per heavy atom. The molecule has 2 amide bonds. The number of hydrogen-bond acceptors (Lipinski definition) is 3. The fraction of sp³-hybridized carbons (Fsp3) is 0.500. The third-order valence-corrected chi connectivity index (χ3v) is 5.81. The third-order valence-electron chi connectivity index (χ3n) is 5.81. The summed E-state index contributed by atoms with van der Waals surface area (Å²) in [7, 11) is 0. The molecule has 0 bridgehead atoms. The number of nitrogens with zero attached hydrogens (tertiary/aromatic N) is 2. The lowest BCUT2D eigenvalue weighted by Gasteiger charge is -2.19. The van der Waals surface area contributed by atoms with E-state index in [9.17, 15) is 14.0 Å². The van der Waals surface area contributed by atoms with E-state index in [1.807, 2.05) is 4.57 Å². The third kappa shape index (κ3) is 4.49. The van der Waals surface area contributed by atoms with Crippen molar-refractivity contribution >= 4 is 17.5 Å². The molecule has 1 saturated carbocycles. The van der Waals surface area contributed by atoms with Crippen LogP contribution >= 0.6 is 0 Å². The summed E-state index contributed by atoms with van der Waals surface area (Å²) in [5, 5.41) is 5.84. The van der Waals surface area contributed by atoms with Gasteiger partial charge in [0.2, 0.25) is 0 Å². The van der Waals surface area contributed by atoms with E-state index in [2.05, 4.69) is 15.6 Å². The summed E-state index contributed by atoms with van der Waals surface area (Å²) in [6, 6.07) is 5.93. The molecule has 7 heteroatoms. The second kappa shape index (κ2) is 8.76. The molecule has 2 aromatic rings. The summed E-state index contributed by atoms with van der Waals surface area (Å²) in [5.41, 5.74) is 1.42. The first-order valence-corrected chi connectivity index (χ1v) is 10.6. The maximum atomic E-state index is 13.4. The molecule has 1 aromatic carbocycles. The van der Waals surface area contributed by atoms with Crippen molar-refractivity contribution in [3.63, 3.8) is 0 Å². The predicted octanol–water partition coefficient (Wildman–Crippen LogP) is 4.06. The van der Waals surface area contributed by atoms with Gasteiger partial charge in [-0.25, -0.2) is 9.37 Å². The van der Waals surface area contributed by atoms with Gasteiger partial charge in [-0.3, -0.25) is 9.59 Å². The molecule has 1 fully saturated rings. The first-order valence-electron chi connectivity index (χ1n) is 10.6. The molecule has 6 nitrogen and oxygen atoms in total. The minimum atomic E-state index is -0.418. The van der Waals surface area contributed by atoms with Crippen LogP contribution in [0.25, 0.3) is 0 Å². The van der Waals surface area contributed by atoms with Crippen LogP contribution in [0.1, 0.15) is 78.2 Å². The Bertz CT molecular complexity index is 900. The Labute approximate surface area is 169 Å². The van der Waals surface area contributed by atoms with Crippen molar-refractivity contribution in [2.45, 2.75) is 70.4 Å². The molecule has 4 rings (SSSR count). The Morgan fingerprint density at radius 1 is 1.03 bits per heavy atom. The van der Waals surface area contributed by atoms with Gasteiger partial charge < -0.3 is 15.2 Å². The summed E-state index contributed by atoms with van der Waals surface area (Å²) in [6.07, 6.45) is 9.30. The lowest BCUT2D eigenvalue weighted by Crippen LogP contribution is -2.36. The number of carbonyl (C=O) groups excluding carboxylic acids is 2. The molecular formula is C22H27FN4O2. The van der Waals surface area contributed by atoms with Gasteiger partial charge in [0.05, 0.1) is 5.69 Å². The normalized spacial score (nSPS) is 17.3. The van der Waals surface area contributed by atoms with Crippen LogP contribution in [0.2, 0.25) is 0 Å². The monoisotopic (exact) mass is 398 g/mol. The van der Waals surface area contributed by atoms with Gasteiger partial charge in [0, 0.05) is 18.3 Å². The SMILES string of the molecule is O=C(Nc1cccc(F)c1)c1nc(C(=O)NC2CCCCCC2)n2c1CCCC2.